The third kappa shape index (κ3) is 4.25. The molecule has 0 aliphatic carbocycles. The van der Waals surface area contributed by atoms with Crippen molar-refractivity contribution in [3.05, 3.63) is 76.3 Å². The van der Waals surface area contributed by atoms with Crippen molar-refractivity contribution >= 4 is 43.9 Å². The van der Waals surface area contributed by atoms with E-state index in [2.05, 4.69) is 41.3 Å². The minimum absolute atomic E-state index is 0.0812. The van der Waals surface area contributed by atoms with Crippen LogP contribution in [0, 0.1) is 5.82 Å². The first-order valence-electron chi connectivity index (χ1n) is 10.2. The predicted octanol–water partition coefficient (Wildman–Crippen LogP) is 5.45. The van der Waals surface area contributed by atoms with Gasteiger partial charge in [-0.25, -0.2) is 14.4 Å². The zero-order valence-electron chi connectivity index (χ0n) is 17.9. The molecule has 5 aromatic rings. The van der Waals surface area contributed by atoms with E-state index < -0.39 is 23.9 Å². The molecule has 0 aliphatic rings. The molecule has 2 aromatic carbocycles. The number of hydrogen-bond donors (Lipinski definition) is 2. The number of nitrogens with one attached hydrogen (secondary N) is 2. The lowest BCUT2D eigenvalue weighted by Crippen LogP contribution is -2.38. The zero-order valence-corrected chi connectivity index (χ0v) is 19.4. The molecule has 0 radical (unpaired) electrons. The van der Waals surface area contributed by atoms with Crippen LogP contribution in [0.25, 0.3) is 33.5 Å². The van der Waals surface area contributed by atoms with Crippen LogP contribution in [0.3, 0.4) is 0 Å². The molecule has 0 saturated heterocycles. The van der Waals surface area contributed by atoms with Crippen LogP contribution in [0.4, 0.5) is 17.6 Å². The van der Waals surface area contributed by atoms with Crippen molar-refractivity contribution in [2.45, 2.75) is 12.2 Å². The van der Waals surface area contributed by atoms with Gasteiger partial charge >= 0.3 is 6.18 Å². The summed E-state index contributed by atoms with van der Waals surface area (Å²) in [5, 5.41) is 7.04. The smallest absolute Gasteiger partial charge is 0.344 e. The fourth-order valence-electron chi connectivity index (χ4n) is 3.82. The van der Waals surface area contributed by atoms with Gasteiger partial charge in [0.05, 0.1) is 17.3 Å². The molecule has 1 atom stereocenters. The summed E-state index contributed by atoms with van der Waals surface area (Å²) in [7, 11) is 1.64. The average Bonchev–Trinajstić information content (AvgIpc) is 3.38. The van der Waals surface area contributed by atoms with E-state index in [9.17, 15) is 22.4 Å². The van der Waals surface area contributed by atoms with Gasteiger partial charge in [0.25, 0.3) is 5.91 Å². The summed E-state index contributed by atoms with van der Waals surface area (Å²) >= 11 is 3.19. The minimum Gasteiger partial charge on any atom is -0.344 e. The minimum atomic E-state index is -4.73. The molecule has 0 unspecified atom stereocenters. The molecule has 0 spiro atoms. The number of hydrogen-bond acceptors (Lipinski definition) is 4. The van der Waals surface area contributed by atoms with Gasteiger partial charge in [0.15, 0.2) is 11.7 Å². The fourth-order valence-corrected chi connectivity index (χ4v) is 4.08. The Bertz CT molecular complexity index is 1580. The van der Waals surface area contributed by atoms with E-state index in [1.165, 1.54) is 53.5 Å². The number of benzene rings is 2. The maximum absolute atomic E-state index is 13.8. The molecular weight excluding hydrogens is 532 g/mol. The lowest BCUT2D eigenvalue weighted by Gasteiger charge is -2.22. The van der Waals surface area contributed by atoms with Crippen molar-refractivity contribution in [2.24, 2.45) is 7.05 Å². The Morgan fingerprint density at radius 3 is 2.63 bits per heavy atom. The molecule has 12 heteroatoms. The highest BCUT2D eigenvalue weighted by molar-refractivity contribution is 9.10. The van der Waals surface area contributed by atoms with Crippen molar-refractivity contribution in [1.82, 2.24) is 30.0 Å². The van der Waals surface area contributed by atoms with E-state index in [-0.39, 0.29) is 28.0 Å². The van der Waals surface area contributed by atoms with Gasteiger partial charge in [-0.2, -0.15) is 18.3 Å². The number of aryl methyl sites for hydroxylation is 1. The molecule has 1 amide bonds. The van der Waals surface area contributed by atoms with Crippen molar-refractivity contribution in [1.29, 1.82) is 0 Å². The number of amides is 1. The Morgan fingerprint density at radius 2 is 1.91 bits per heavy atom. The Labute approximate surface area is 203 Å². The number of alkyl halides is 3. The number of rotatable bonds is 4. The third-order valence-corrected chi connectivity index (χ3v) is 6.02. The van der Waals surface area contributed by atoms with Gasteiger partial charge in [0, 0.05) is 23.1 Å². The molecular formula is C23H15BrF4N6O. The van der Waals surface area contributed by atoms with Crippen molar-refractivity contribution in [3.63, 3.8) is 0 Å². The first-order valence-corrected chi connectivity index (χ1v) is 11.0. The van der Waals surface area contributed by atoms with Crippen molar-refractivity contribution < 1.29 is 22.4 Å². The van der Waals surface area contributed by atoms with Gasteiger partial charge in [-0.3, -0.25) is 9.48 Å². The molecule has 5 rings (SSSR count). The van der Waals surface area contributed by atoms with Crippen LogP contribution in [0.2, 0.25) is 0 Å². The first-order chi connectivity index (χ1) is 16.6. The molecule has 0 bridgehead atoms. The van der Waals surface area contributed by atoms with Crippen LogP contribution in [0.1, 0.15) is 22.0 Å². The number of carbonyl (C=O) groups excluding carboxylic acids is 1. The summed E-state index contributed by atoms with van der Waals surface area (Å²) < 4.78 is 57.1. The standard InChI is InChI=1S/C23H15BrF4N6O/c1-34-17-8-13(25)6-7-14(17)18(33-34)16-10-30-21-19(31-16)15(9-29-21)22(35)32-20(23(26,27)28)11-2-4-12(24)5-3-11/h2-10,20H,1H3,(H,29,30)(H,32,35)/t20-/m1/s1. The normalized spacial score (nSPS) is 12.9. The number of carbonyl (C=O) groups is 1. The molecule has 0 saturated carbocycles. The fraction of sp³-hybridized carbons (Fsp3) is 0.130. The number of halogens is 5. The van der Waals surface area contributed by atoms with Gasteiger partial charge in [-0.05, 0) is 35.9 Å². The largest absolute Gasteiger partial charge is 0.412 e. The number of H-pyrrole nitrogens is 1. The molecule has 2 N–H and O–H groups in total. The molecule has 0 fully saturated rings. The maximum atomic E-state index is 13.8. The monoisotopic (exact) mass is 546 g/mol. The van der Waals surface area contributed by atoms with Gasteiger partial charge in [-0.1, -0.05) is 28.1 Å². The summed E-state index contributed by atoms with van der Waals surface area (Å²) in [5.74, 6) is -1.40. The first kappa shape index (κ1) is 23.0. The topological polar surface area (TPSA) is 88.5 Å². The number of aromatic nitrogens is 5. The second kappa shape index (κ2) is 8.45. The van der Waals surface area contributed by atoms with Gasteiger partial charge < -0.3 is 10.3 Å². The van der Waals surface area contributed by atoms with E-state index in [0.717, 1.165) is 0 Å². The Hall–Kier alpha value is -3.80. The van der Waals surface area contributed by atoms with Gasteiger partial charge in [-0.15, -0.1) is 0 Å². The molecule has 3 aromatic heterocycles. The van der Waals surface area contributed by atoms with Crippen molar-refractivity contribution in [2.75, 3.05) is 0 Å². The predicted molar refractivity (Wildman–Crippen MR) is 124 cm³/mol. The van der Waals surface area contributed by atoms with Gasteiger partial charge in [0.2, 0.25) is 0 Å². The van der Waals surface area contributed by atoms with Crippen LogP contribution >= 0.6 is 15.9 Å². The van der Waals surface area contributed by atoms with E-state index in [1.807, 2.05) is 0 Å². The van der Waals surface area contributed by atoms with Crippen LogP contribution in [0.15, 0.2) is 59.3 Å². The lowest BCUT2D eigenvalue weighted by atomic mass is 10.1. The van der Waals surface area contributed by atoms with Crippen LogP contribution in [0.5, 0.6) is 0 Å². The maximum Gasteiger partial charge on any atom is 0.412 e. The number of fused-ring (bicyclic) bond motifs is 2. The molecule has 178 valence electrons. The number of aromatic amines is 1. The number of nitrogens with zero attached hydrogens (tertiary/aromatic N) is 4. The highest BCUT2D eigenvalue weighted by Crippen LogP contribution is 2.34. The van der Waals surface area contributed by atoms with Crippen molar-refractivity contribution in [3.8, 4) is 11.4 Å². The zero-order chi connectivity index (χ0) is 24.9. The van der Waals surface area contributed by atoms with Crippen LogP contribution in [-0.4, -0.2) is 36.8 Å². The summed E-state index contributed by atoms with van der Waals surface area (Å²) in [6.07, 6.45) is -2.05. The average molecular weight is 547 g/mol. The quantitative estimate of drug-likeness (QED) is 0.293. The van der Waals surface area contributed by atoms with Crippen LogP contribution < -0.4 is 5.32 Å². The SMILES string of the molecule is Cn1nc(-c2cnc3[nH]cc(C(=O)N[C@H](c4ccc(Br)cc4)C(F)(F)F)c3n2)c2ccc(F)cc21. The van der Waals surface area contributed by atoms with E-state index in [1.54, 1.807) is 13.1 Å². The van der Waals surface area contributed by atoms with Gasteiger partial charge in [0.1, 0.15) is 22.7 Å². The van der Waals surface area contributed by atoms with E-state index >= 15 is 0 Å². The third-order valence-electron chi connectivity index (χ3n) is 5.49. The summed E-state index contributed by atoms with van der Waals surface area (Å²) in [6, 6.07) is 7.43. The Kier molecular flexibility index (Phi) is 5.55. The Balaban J connectivity index is 1.54. The molecule has 3 heterocycles. The highest BCUT2D eigenvalue weighted by Gasteiger charge is 2.42. The van der Waals surface area contributed by atoms with Crippen LogP contribution in [-0.2, 0) is 7.05 Å². The van der Waals surface area contributed by atoms with E-state index in [4.69, 9.17) is 0 Å². The second-order valence-electron chi connectivity index (χ2n) is 7.79. The summed E-state index contributed by atoms with van der Waals surface area (Å²) in [5.41, 5.74) is 1.28. The lowest BCUT2D eigenvalue weighted by molar-refractivity contribution is -0.155. The van der Waals surface area contributed by atoms with E-state index in [0.29, 0.717) is 21.1 Å². The molecule has 0 aliphatic heterocycles. The molecule has 35 heavy (non-hydrogen) atoms. The molecule has 7 nitrogen and oxygen atoms in total. The summed E-state index contributed by atoms with van der Waals surface area (Å²) in [6.45, 7) is 0. The summed E-state index contributed by atoms with van der Waals surface area (Å²) in [4.78, 5) is 24.4. The Morgan fingerprint density at radius 1 is 1.17 bits per heavy atom. The highest BCUT2D eigenvalue weighted by atomic mass is 79.9. The second-order valence-corrected chi connectivity index (χ2v) is 8.70.